The Morgan fingerprint density at radius 3 is 2.96 bits per heavy atom. The number of methoxy groups -OCH3 is 1. The van der Waals surface area contributed by atoms with Crippen LogP contribution in [0.25, 0.3) is 10.9 Å². The van der Waals surface area contributed by atoms with E-state index in [0.717, 1.165) is 23.7 Å². The van der Waals surface area contributed by atoms with Gasteiger partial charge in [-0.05, 0) is 43.5 Å². The first kappa shape index (κ1) is 17.4. The van der Waals surface area contributed by atoms with Crippen LogP contribution in [0.5, 0.6) is 0 Å². The number of carbonyl (C=O) groups excluding carboxylic acids is 2. The molecule has 6 heteroatoms. The fourth-order valence-corrected chi connectivity index (χ4v) is 3.49. The van der Waals surface area contributed by atoms with E-state index in [2.05, 4.69) is 4.98 Å². The smallest absolute Gasteiger partial charge is 0.253 e. The largest absolute Gasteiger partial charge is 0.376 e. The number of likely N-dealkylation sites (tertiary alicyclic amines) is 1. The van der Waals surface area contributed by atoms with Crippen LogP contribution in [0.15, 0.2) is 36.5 Å². The molecule has 1 saturated heterocycles. The number of piperidine rings is 1. The molecule has 0 saturated carbocycles. The number of amides is 2. The molecule has 6 nitrogen and oxygen atoms in total. The highest BCUT2D eigenvalue weighted by atomic mass is 16.5. The van der Waals surface area contributed by atoms with Crippen molar-refractivity contribution in [2.45, 2.75) is 31.3 Å². The summed E-state index contributed by atoms with van der Waals surface area (Å²) in [6.45, 7) is 1.16. The molecular formula is C19H23N3O3. The van der Waals surface area contributed by atoms with E-state index in [9.17, 15) is 9.59 Å². The van der Waals surface area contributed by atoms with Crippen LogP contribution in [-0.4, -0.2) is 47.5 Å². The summed E-state index contributed by atoms with van der Waals surface area (Å²) < 4.78 is 5.70. The molecule has 3 rings (SSSR count). The van der Waals surface area contributed by atoms with E-state index < -0.39 is 5.60 Å². The van der Waals surface area contributed by atoms with Gasteiger partial charge in [-0.25, -0.2) is 0 Å². The molecule has 1 atom stereocenters. The summed E-state index contributed by atoms with van der Waals surface area (Å²) in [4.78, 5) is 30.2. The van der Waals surface area contributed by atoms with Crippen LogP contribution in [0.3, 0.4) is 0 Å². The Balaban J connectivity index is 1.79. The van der Waals surface area contributed by atoms with Crippen LogP contribution in [0, 0.1) is 0 Å². The second-order valence-electron chi connectivity index (χ2n) is 6.59. The van der Waals surface area contributed by atoms with Crippen molar-refractivity contribution >= 4 is 22.7 Å². The zero-order chi connectivity index (χ0) is 17.9. The number of hydrogen-bond acceptors (Lipinski definition) is 4. The number of nitrogens with zero attached hydrogens (tertiary/aromatic N) is 2. The Labute approximate surface area is 147 Å². The topological polar surface area (TPSA) is 85.5 Å². The molecule has 0 radical (unpaired) electrons. The fraction of sp³-hybridized carbons (Fsp3) is 0.421. The fourth-order valence-electron chi connectivity index (χ4n) is 3.49. The molecule has 2 heterocycles. The number of primary amides is 1. The molecule has 2 N–H and O–H groups in total. The van der Waals surface area contributed by atoms with E-state index in [1.165, 1.54) is 0 Å². The summed E-state index contributed by atoms with van der Waals surface area (Å²) in [6.07, 6.45) is 4.19. The highest BCUT2D eigenvalue weighted by Crippen LogP contribution is 2.30. The van der Waals surface area contributed by atoms with Gasteiger partial charge in [0.1, 0.15) is 0 Å². The first-order chi connectivity index (χ1) is 12.0. The summed E-state index contributed by atoms with van der Waals surface area (Å²) in [5, 5.41) is 0.942. The van der Waals surface area contributed by atoms with Gasteiger partial charge in [0.15, 0.2) is 0 Å². The lowest BCUT2D eigenvalue weighted by molar-refractivity contribution is -0.120. The third kappa shape index (κ3) is 3.79. The minimum atomic E-state index is -0.499. The molecular weight excluding hydrogens is 318 g/mol. The van der Waals surface area contributed by atoms with Crippen molar-refractivity contribution in [3.8, 4) is 0 Å². The molecule has 2 amide bonds. The average molecular weight is 341 g/mol. The molecule has 25 heavy (non-hydrogen) atoms. The molecule has 0 spiro atoms. The summed E-state index contributed by atoms with van der Waals surface area (Å²) in [6, 6.07) is 9.35. The van der Waals surface area contributed by atoms with Gasteiger partial charge in [0.25, 0.3) is 5.91 Å². The monoisotopic (exact) mass is 341 g/mol. The summed E-state index contributed by atoms with van der Waals surface area (Å²) in [7, 11) is 1.64. The predicted molar refractivity (Wildman–Crippen MR) is 95.0 cm³/mol. The van der Waals surface area contributed by atoms with Crippen molar-refractivity contribution in [1.82, 2.24) is 9.88 Å². The lowest BCUT2D eigenvalue weighted by Gasteiger charge is -2.42. The van der Waals surface area contributed by atoms with Crippen molar-refractivity contribution in [3.05, 3.63) is 42.1 Å². The Morgan fingerprint density at radius 1 is 1.36 bits per heavy atom. The number of aromatic nitrogens is 1. The Morgan fingerprint density at radius 2 is 2.20 bits per heavy atom. The molecule has 1 unspecified atom stereocenters. The number of ether oxygens (including phenoxy) is 1. The highest BCUT2D eigenvalue weighted by Gasteiger charge is 2.37. The van der Waals surface area contributed by atoms with Crippen LogP contribution in [0.2, 0.25) is 0 Å². The molecule has 2 aromatic rings. The van der Waals surface area contributed by atoms with Gasteiger partial charge in [-0.2, -0.15) is 0 Å². The lowest BCUT2D eigenvalue weighted by atomic mass is 9.87. The molecule has 1 aromatic carbocycles. The van der Waals surface area contributed by atoms with Gasteiger partial charge in [-0.1, -0.05) is 6.07 Å². The predicted octanol–water partition coefficient (Wildman–Crippen LogP) is 2.12. The first-order valence-corrected chi connectivity index (χ1v) is 8.50. The van der Waals surface area contributed by atoms with Gasteiger partial charge < -0.3 is 15.4 Å². The standard InChI is InChI=1S/C19H23N3O3/c1-25-19(9-7-17(20)23)8-3-11-22(13-19)18(24)15-5-6-16-14(12-15)4-2-10-21-16/h2,4-6,10,12H,3,7-9,11,13H2,1H3,(H2,20,23). The molecule has 1 fully saturated rings. The molecule has 0 aliphatic carbocycles. The number of hydrogen-bond donors (Lipinski definition) is 1. The van der Waals surface area contributed by atoms with E-state index in [-0.39, 0.29) is 18.2 Å². The number of benzene rings is 1. The highest BCUT2D eigenvalue weighted by molar-refractivity contribution is 5.98. The summed E-state index contributed by atoms with van der Waals surface area (Å²) >= 11 is 0. The molecule has 1 aromatic heterocycles. The second-order valence-corrected chi connectivity index (χ2v) is 6.59. The van der Waals surface area contributed by atoms with Crippen molar-refractivity contribution in [1.29, 1.82) is 0 Å². The van der Waals surface area contributed by atoms with Crippen molar-refractivity contribution < 1.29 is 14.3 Å². The van der Waals surface area contributed by atoms with E-state index in [1.54, 1.807) is 13.3 Å². The van der Waals surface area contributed by atoms with Crippen molar-refractivity contribution in [2.24, 2.45) is 5.73 Å². The van der Waals surface area contributed by atoms with Crippen LogP contribution in [0.4, 0.5) is 0 Å². The zero-order valence-corrected chi connectivity index (χ0v) is 14.4. The minimum Gasteiger partial charge on any atom is -0.376 e. The maximum Gasteiger partial charge on any atom is 0.253 e. The van der Waals surface area contributed by atoms with Gasteiger partial charge in [0.2, 0.25) is 5.91 Å². The van der Waals surface area contributed by atoms with Gasteiger partial charge in [0, 0.05) is 43.8 Å². The van der Waals surface area contributed by atoms with Crippen LogP contribution < -0.4 is 5.73 Å². The normalized spacial score (nSPS) is 20.6. The number of rotatable bonds is 5. The SMILES string of the molecule is COC1(CCC(N)=O)CCCN(C(=O)c2ccc3ncccc3c2)C1. The van der Waals surface area contributed by atoms with Gasteiger partial charge >= 0.3 is 0 Å². The number of fused-ring (bicyclic) bond motifs is 1. The zero-order valence-electron chi connectivity index (χ0n) is 14.4. The van der Waals surface area contributed by atoms with Crippen molar-refractivity contribution in [2.75, 3.05) is 20.2 Å². The molecule has 1 aliphatic heterocycles. The molecule has 1 aliphatic rings. The molecule has 0 bridgehead atoms. The number of nitrogens with two attached hydrogens (primary N) is 1. The van der Waals surface area contributed by atoms with Crippen LogP contribution in [0.1, 0.15) is 36.0 Å². The quantitative estimate of drug-likeness (QED) is 0.902. The maximum absolute atomic E-state index is 12.9. The Bertz CT molecular complexity index is 792. The number of pyridine rings is 1. The van der Waals surface area contributed by atoms with Crippen molar-refractivity contribution in [3.63, 3.8) is 0 Å². The van der Waals surface area contributed by atoms with E-state index in [4.69, 9.17) is 10.5 Å². The maximum atomic E-state index is 12.9. The third-order valence-corrected chi connectivity index (χ3v) is 4.94. The van der Waals surface area contributed by atoms with E-state index >= 15 is 0 Å². The second kappa shape index (κ2) is 7.19. The summed E-state index contributed by atoms with van der Waals surface area (Å²) in [5.74, 6) is -0.368. The lowest BCUT2D eigenvalue weighted by Crippen LogP contribution is -2.51. The number of carbonyl (C=O) groups is 2. The van der Waals surface area contributed by atoms with Gasteiger partial charge in [-0.15, -0.1) is 0 Å². The van der Waals surface area contributed by atoms with E-state index in [0.29, 0.717) is 25.1 Å². The minimum absolute atomic E-state index is 0.0223. The van der Waals surface area contributed by atoms with Gasteiger partial charge in [0.05, 0.1) is 11.1 Å². The molecule has 132 valence electrons. The Kier molecular flexibility index (Phi) is 4.99. The van der Waals surface area contributed by atoms with Crippen LogP contribution in [-0.2, 0) is 9.53 Å². The summed E-state index contributed by atoms with van der Waals surface area (Å²) in [5.41, 5.74) is 6.29. The van der Waals surface area contributed by atoms with Crippen LogP contribution >= 0.6 is 0 Å². The third-order valence-electron chi connectivity index (χ3n) is 4.94. The first-order valence-electron chi connectivity index (χ1n) is 8.50. The van der Waals surface area contributed by atoms with Gasteiger partial charge in [-0.3, -0.25) is 14.6 Å². The van der Waals surface area contributed by atoms with E-state index in [1.807, 2.05) is 35.2 Å². The Hall–Kier alpha value is -2.47. The average Bonchev–Trinajstić information content (AvgIpc) is 2.65.